The van der Waals surface area contributed by atoms with Gasteiger partial charge in [0.05, 0.1) is 42.1 Å². The number of esters is 1. The molecule has 1 N–H and O–H groups in total. The van der Waals surface area contributed by atoms with E-state index >= 15 is 0 Å². The van der Waals surface area contributed by atoms with Crippen molar-refractivity contribution in [2.24, 2.45) is 51.8 Å². The Bertz CT molecular complexity index is 1210. The van der Waals surface area contributed by atoms with Gasteiger partial charge in [0.15, 0.2) is 0 Å². The number of carbonyl (C=O) groups is 6. The van der Waals surface area contributed by atoms with E-state index in [1.54, 1.807) is 20.8 Å². The minimum Gasteiger partial charge on any atom is -0.481 e. The van der Waals surface area contributed by atoms with Gasteiger partial charge in [-0.2, -0.15) is 0 Å². The van der Waals surface area contributed by atoms with Crippen molar-refractivity contribution in [2.45, 2.75) is 108 Å². The van der Waals surface area contributed by atoms with Gasteiger partial charge in [-0.1, -0.05) is 75.2 Å². The van der Waals surface area contributed by atoms with Crippen LogP contribution in [0.4, 0.5) is 0 Å². The first-order valence-corrected chi connectivity index (χ1v) is 17.9. The summed E-state index contributed by atoms with van der Waals surface area (Å²) in [7, 11) is 3.89. The number of carboxylic acid groups (broad SMARTS) is 1. The van der Waals surface area contributed by atoms with E-state index in [2.05, 4.69) is 0 Å². The topological polar surface area (TPSA) is 142 Å². The van der Waals surface area contributed by atoms with E-state index in [0.717, 1.165) is 13.0 Å². The first-order valence-electron chi connectivity index (χ1n) is 17.9. The molecule has 0 aromatic heterocycles. The third-order valence-corrected chi connectivity index (χ3v) is 11.1. The molecule has 0 aromatic carbocycles. The number of carbonyl (C=O) groups excluding carboxylic acids is 5. The average molecular weight is 678 g/mol. The molecule has 11 nitrogen and oxygen atoms in total. The molecule has 2 aliphatic heterocycles. The number of ether oxygens (including phenoxy) is 1. The van der Waals surface area contributed by atoms with Gasteiger partial charge in [0.2, 0.25) is 23.6 Å². The number of carboxylic acids is 1. The summed E-state index contributed by atoms with van der Waals surface area (Å²) in [4.78, 5) is 86.5. The summed E-state index contributed by atoms with van der Waals surface area (Å²) in [6.45, 7) is 19.8. The number of imide groups is 2. The van der Waals surface area contributed by atoms with Crippen molar-refractivity contribution in [3.8, 4) is 0 Å². The Morgan fingerprint density at radius 2 is 1.27 bits per heavy atom. The predicted octanol–water partition coefficient (Wildman–Crippen LogP) is 5.11. The normalized spacial score (nSPS) is 23.8. The van der Waals surface area contributed by atoms with Crippen LogP contribution >= 0.6 is 0 Å². The van der Waals surface area contributed by atoms with Crippen LogP contribution in [0.2, 0.25) is 0 Å². The smallest absolute Gasteiger partial charge is 0.309 e. The number of unbranched alkanes of at least 4 members (excludes halogenated alkanes) is 1. The zero-order chi connectivity index (χ0) is 36.9. The molecule has 6 unspecified atom stereocenters. The molecule has 0 saturated carbocycles. The van der Waals surface area contributed by atoms with Gasteiger partial charge in [0.25, 0.3) is 0 Å². The van der Waals surface area contributed by atoms with Crippen molar-refractivity contribution in [3.05, 3.63) is 0 Å². The quantitative estimate of drug-likeness (QED) is 0.146. The highest BCUT2D eigenvalue weighted by Crippen LogP contribution is 2.53. The summed E-state index contributed by atoms with van der Waals surface area (Å²) >= 11 is 0. The molecule has 0 bridgehead atoms. The van der Waals surface area contributed by atoms with E-state index in [9.17, 15) is 33.9 Å². The Morgan fingerprint density at radius 3 is 1.71 bits per heavy atom. The summed E-state index contributed by atoms with van der Waals surface area (Å²) in [6, 6.07) is 0. The van der Waals surface area contributed by atoms with Crippen molar-refractivity contribution in [1.29, 1.82) is 0 Å². The van der Waals surface area contributed by atoms with Gasteiger partial charge in [-0.25, -0.2) is 0 Å². The maximum atomic E-state index is 14.3. The Hall–Kier alpha value is -2.82. The molecular formula is C37H63N3O8. The lowest BCUT2D eigenvalue weighted by molar-refractivity contribution is -0.162. The SMILES string of the molecule is CCCCN1C(=O)C(CC(C)(C)C(C(=O)O)C(C)C(=O)OCC)C(C(C)(C)CC2C(=O)N(CCCN(C)C)C(=O)C2C(C)(C)CC)C1=O. The van der Waals surface area contributed by atoms with Gasteiger partial charge in [0, 0.05) is 13.1 Å². The Morgan fingerprint density at radius 1 is 0.792 bits per heavy atom. The van der Waals surface area contributed by atoms with Crippen LogP contribution in [0, 0.1) is 51.8 Å². The van der Waals surface area contributed by atoms with Gasteiger partial charge in [-0.05, 0) is 69.5 Å². The maximum absolute atomic E-state index is 14.3. The fourth-order valence-electron chi connectivity index (χ4n) is 8.29. The molecule has 0 spiro atoms. The molecule has 2 heterocycles. The molecule has 2 fully saturated rings. The Kier molecular flexibility index (Phi) is 14.0. The lowest BCUT2D eigenvalue weighted by Gasteiger charge is -2.41. The van der Waals surface area contributed by atoms with Crippen LogP contribution in [0.25, 0.3) is 0 Å². The first kappa shape index (κ1) is 41.4. The van der Waals surface area contributed by atoms with Crippen molar-refractivity contribution in [3.63, 3.8) is 0 Å². The molecule has 2 rings (SSSR count). The van der Waals surface area contributed by atoms with Gasteiger partial charge in [-0.15, -0.1) is 0 Å². The van der Waals surface area contributed by atoms with E-state index in [4.69, 9.17) is 4.74 Å². The summed E-state index contributed by atoms with van der Waals surface area (Å²) in [5.41, 5.74) is -2.46. The molecule has 11 heteroatoms. The molecule has 2 aliphatic rings. The molecule has 0 aromatic rings. The summed E-state index contributed by atoms with van der Waals surface area (Å²) in [6.07, 6.45) is 3.00. The molecule has 0 radical (unpaired) electrons. The zero-order valence-electron chi connectivity index (χ0n) is 31.7. The zero-order valence-corrected chi connectivity index (χ0v) is 31.7. The van der Waals surface area contributed by atoms with Crippen molar-refractivity contribution >= 4 is 35.6 Å². The van der Waals surface area contributed by atoms with Crippen molar-refractivity contribution in [1.82, 2.24) is 14.7 Å². The number of amides is 4. The minimum atomic E-state index is -1.18. The second-order valence-electron chi connectivity index (χ2n) is 16.4. The molecule has 6 atom stereocenters. The largest absolute Gasteiger partial charge is 0.481 e. The maximum Gasteiger partial charge on any atom is 0.309 e. The monoisotopic (exact) mass is 677 g/mol. The van der Waals surface area contributed by atoms with E-state index < -0.39 is 63.7 Å². The third kappa shape index (κ3) is 8.85. The van der Waals surface area contributed by atoms with Crippen molar-refractivity contribution < 1.29 is 38.6 Å². The van der Waals surface area contributed by atoms with Crippen LogP contribution in [0.3, 0.4) is 0 Å². The highest BCUT2D eigenvalue weighted by molar-refractivity contribution is 6.07. The number of rotatable bonds is 19. The van der Waals surface area contributed by atoms with E-state index in [1.165, 1.54) is 16.7 Å². The fraction of sp³-hybridized carbons (Fsp3) is 0.838. The number of hydrogen-bond donors (Lipinski definition) is 1. The average Bonchev–Trinajstić information content (AvgIpc) is 3.34. The summed E-state index contributed by atoms with van der Waals surface area (Å²) in [5, 5.41) is 10.3. The lowest BCUT2D eigenvalue weighted by Crippen LogP contribution is -2.44. The Labute approximate surface area is 288 Å². The predicted molar refractivity (Wildman–Crippen MR) is 183 cm³/mol. The van der Waals surface area contributed by atoms with E-state index in [0.29, 0.717) is 25.8 Å². The van der Waals surface area contributed by atoms with Crippen LogP contribution in [-0.4, -0.2) is 95.7 Å². The second kappa shape index (κ2) is 16.3. The van der Waals surface area contributed by atoms with Crippen LogP contribution in [-0.2, 0) is 33.5 Å². The lowest BCUT2D eigenvalue weighted by atomic mass is 9.60. The summed E-state index contributed by atoms with van der Waals surface area (Å²) in [5.74, 6) is -8.00. The van der Waals surface area contributed by atoms with E-state index in [1.807, 2.05) is 60.5 Å². The first-order chi connectivity index (χ1) is 22.1. The molecule has 48 heavy (non-hydrogen) atoms. The highest BCUT2D eigenvalue weighted by Gasteiger charge is 2.60. The molecule has 274 valence electrons. The van der Waals surface area contributed by atoms with Gasteiger partial charge < -0.3 is 14.7 Å². The highest BCUT2D eigenvalue weighted by atomic mass is 16.5. The number of likely N-dealkylation sites (tertiary alicyclic amines) is 2. The Balaban J connectivity index is 2.59. The van der Waals surface area contributed by atoms with Crippen LogP contribution in [0.1, 0.15) is 108 Å². The fourth-order valence-corrected chi connectivity index (χ4v) is 8.29. The number of hydrogen-bond acceptors (Lipinski definition) is 8. The van der Waals surface area contributed by atoms with Crippen molar-refractivity contribution in [2.75, 3.05) is 40.3 Å². The number of nitrogens with zero attached hydrogens (tertiary/aromatic N) is 3. The van der Waals surface area contributed by atoms with Crippen LogP contribution in [0.15, 0.2) is 0 Å². The van der Waals surface area contributed by atoms with Crippen LogP contribution in [0.5, 0.6) is 0 Å². The summed E-state index contributed by atoms with van der Waals surface area (Å²) < 4.78 is 5.16. The van der Waals surface area contributed by atoms with E-state index in [-0.39, 0.29) is 49.6 Å². The van der Waals surface area contributed by atoms with Gasteiger partial charge in [-0.3, -0.25) is 38.6 Å². The molecule has 2 saturated heterocycles. The minimum absolute atomic E-state index is 0.0487. The third-order valence-electron chi connectivity index (χ3n) is 11.1. The van der Waals surface area contributed by atoms with Gasteiger partial charge in [0.1, 0.15) is 0 Å². The van der Waals surface area contributed by atoms with Gasteiger partial charge >= 0.3 is 11.9 Å². The van der Waals surface area contributed by atoms with Crippen LogP contribution < -0.4 is 0 Å². The number of aliphatic carboxylic acids is 1. The molecule has 4 amide bonds. The molecular weight excluding hydrogens is 614 g/mol. The molecule has 0 aliphatic carbocycles. The second-order valence-corrected chi connectivity index (χ2v) is 16.4. The standard InChI is InChI=1S/C37H63N3O8/c1-13-16-19-39-30(42)25(21-36(7,8)26(33(45)46)23(4)34(47)48-15-3)28(32(39)44)37(9,10)22-24-27(35(5,6)14-2)31(43)40(29(24)41)20-17-18-38(11)12/h23-28H,13-22H2,1-12H3,(H,45,46).